The summed E-state index contributed by atoms with van der Waals surface area (Å²) in [6.07, 6.45) is 0.172. The second-order valence-electron chi connectivity index (χ2n) is 5.22. The smallest absolute Gasteiger partial charge is 0.205 e. The number of rotatable bonds is 3. The second kappa shape index (κ2) is 6.27. The molecule has 5 heteroatoms. The Bertz CT molecular complexity index is 835. The highest BCUT2D eigenvalue weighted by Gasteiger charge is 2.30. The maximum Gasteiger partial charge on any atom is 0.205 e. The molecule has 3 rings (SSSR count). The minimum absolute atomic E-state index is 0.0419. The Morgan fingerprint density at radius 3 is 2.61 bits per heavy atom. The zero-order valence-corrected chi connectivity index (χ0v) is 13.7. The van der Waals surface area contributed by atoms with Crippen LogP contribution in [0.15, 0.2) is 64.5 Å². The summed E-state index contributed by atoms with van der Waals surface area (Å²) in [7, 11) is 0. The van der Waals surface area contributed by atoms with E-state index in [2.05, 4.69) is 22.0 Å². The Balaban J connectivity index is 1.95. The molecule has 2 aromatic carbocycles. The van der Waals surface area contributed by atoms with Crippen LogP contribution in [0.25, 0.3) is 0 Å². The van der Waals surface area contributed by atoms with Crippen LogP contribution in [0.2, 0.25) is 0 Å². The number of carbonyl (C=O) groups excluding carboxylic acids is 1. The number of Topliss-reactive ketones (excluding diaryl/α,β-unsaturated/α-hetero) is 1. The van der Waals surface area contributed by atoms with Crippen LogP contribution in [-0.4, -0.2) is 5.78 Å². The third-order valence-electron chi connectivity index (χ3n) is 3.80. The van der Waals surface area contributed by atoms with E-state index in [1.165, 1.54) is 0 Å². The molecule has 0 unspecified atom stereocenters. The van der Waals surface area contributed by atoms with E-state index < -0.39 is 0 Å². The van der Waals surface area contributed by atoms with Crippen LogP contribution in [0.4, 0.5) is 0 Å². The summed E-state index contributed by atoms with van der Waals surface area (Å²) < 4.78 is 6.40. The minimum atomic E-state index is -0.388. The summed E-state index contributed by atoms with van der Waals surface area (Å²) >= 11 is 3.35. The zero-order valence-electron chi connectivity index (χ0n) is 12.1. The molecular formula is C18H13BrN2O2. The first-order valence-electron chi connectivity index (χ1n) is 7.05. The summed E-state index contributed by atoms with van der Waals surface area (Å²) in [5.74, 6) is 0.235. The molecule has 0 fully saturated rings. The first-order valence-corrected chi connectivity index (χ1v) is 7.84. The molecule has 2 N–H and O–H groups in total. The van der Waals surface area contributed by atoms with Gasteiger partial charge in [0.2, 0.25) is 5.88 Å². The Morgan fingerprint density at radius 1 is 1.22 bits per heavy atom. The standard InChI is InChI=1S/C18H13BrN2O2/c19-12-7-5-11(6-8-12)16(22)9-14-13-3-1-2-4-17(13)23-18(21)15(14)10-20/h1-8,14H,9,21H2/t14-/m0/s1. The number of ether oxygens (including phenoxy) is 1. The van der Waals surface area contributed by atoms with Crippen LogP contribution in [0.5, 0.6) is 5.75 Å². The number of hydrogen-bond acceptors (Lipinski definition) is 4. The van der Waals surface area contributed by atoms with Crippen molar-refractivity contribution in [1.82, 2.24) is 0 Å². The number of nitriles is 1. The summed E-state index contributed by atoms with van der Waals surface area (Å²) in [5, 5.41) is 9.39. The Labute approximate surface area is 142 Å². The number of carbonyl (C=O) groups is 1. The largest absolute Gasteiger partial charge is 0.440 e. The van der Waals surface area contributed by atoms with E-state index in [-0.39, 0.29) is 24.0 Å². The van der Waals surface area contributed by atoms with Gasteiger partial charge in [-0.15, -0.1) is 0 Å². The van der Waals surface area contributed by atoms with Crippen LogP contribution in [0.3, 0.4) is 0 Å². The third-order valence-corrected chi connectivity index (χ3v) is 4.33. The number of nitrogens with two attached hydrogens (primary N) is 1. The van der Waals surface area contributed by atoms with Gasteiger partial charge in [-0.2, -0.15) is 5.26 Å². The number of hydrogen-bond donors (Lipinski definition) is 1. The van der Waals surface area contributed by atoms with Crippen molar-refractivity contribution in [2.75, 3.05) is 0 Å². The molecule has 0 bridgehead atoms. The lowest BCUT2D eigenvalue weighted by molar-refractivity contribution is 0.0976. The fourth-order valence-electron chi connectivity index (χ4n) is 2.65. The van der Waals surface area contributed by atoms with Gasteiger partial charge in [-0.3, -0.25) is 4.79 Å². The van der Waals surface area contributed by atoms with Gasteiger partial charge in [0.15, 0.2) is 5.78 Å². The number of allylic oxidation sites excluding steroid dienone is 1. The maximum absolute atomic E-state index is 12.6. The van der Waals surface area contributed by atoms with E-state index in [9.17, 15) is 10.1 Å². The maximum atomic E-state index is 12.6. The van der Waals surface area contributed by atoms with Gasteiger partial charge < -0.3 is 10.5 Å². The van der Waals surface area contributed by atoms with E-state index in [1.807, 2.05) is 30.3 Å². The molecule has 0 aromatic heterocycles. The van der Waals surface area contributed by atoms with Gasteiger partial charge in [0.25, 0.3) is 0 Å². The average Bonchev–Trinajstić information content (AvgIpc) is 2.55. The molecule has 0 saturated carbocycles. The van der Waals surface area contributed by atoms with Gasteiger partial charge in [0.1, 0.15) is 11.8 Å². The van der Waals surface area contributed by atoms with Crippen molar-refractivity contribution < 1.29 is 9.53 Å². The molecule has 4 nitrogen and oxygen atoms in total. The third kappa shape index (κ3) is 2.99. The van der Waals surface area contributed by atoms with Crippen LogP contribution in [0, 0.1) is 11.3 Å². The molecule has 1 heterocycles. The Morgan fingerprint density at radius 2 is 1.91 bits per heavy atom. The second-order valence-corrected chi connectivity index (χ2v) is 6.13. The van der Waals surface area contributed by atoms with Gasteiger partial charge in [0, 0.05) is 27.9 Å². The number of halogens is 1. The summed E-state index contributed by atoms with van der Waals surface area (Å²) in [5.41, 5.74) is 7.56. The lowest BCUT2D eigenvalue weighted by Crippen LogP contribution is -2.22. The normalized spacial score (nSPS) is 16.3. The lowest BCUT2D eigenvalue weighted by Gasteiger charge is -2.25. The van der Waals surface area contributed by atoms with Crippen molar-refractivity contribution in [3.05, 3.63) is 75.6 Å². The topological polar surface area (TPSA) is 76.1 Å². The van der Waals surface area contributed by atoms with Crippen molar-refractivity contribution in [2.45, 2.75) is 12.3 Å². The van der Waals surface area contributed by atoms with Crippen molar-refractivity contribution in [3.8, 4) is 11.8 Å². The average molecular weight is 369 g/mol. The molecule has 0 radical (unpaired) electrons. The molecular weight excluding hydrogens is 356 g/mol. The van der Waals surface area contributed by atoms with Gasteiger partial charge in [-0.05, 0) is 18.2 Å². The summed E-state index contributed by atoms with van der Waals surface area (Å²) in [6, 6.07) is 16.6. The number of para-hydroxylation sites is 1. The Hall–Kier alpha value is -2.58. The Kier molecular flexibility index (Phi) is 4.18. The molecule has 0 saturated heterocycles. The van der Waals surface area contributed by atoms with Crippen molar-refractivity contribution >= 4 is 21.7 Å². The minimum Gasteiger partial charge on any atom is -0.440 e. The van der Waals surface area contributed by atoms with Gasteiger partial charge in [-0.1, -0.05) is 46.3 Å². The van der Waals surface area contributed by atoms with E-state index in [1.54, 1.807) is 18.2 Å². The van der Waals surface area contributed by atoms with E-state index in [0.717, 1.165) is 10.0 Å². The molecule has 0 spiro atoms. The van der Waals surface area contributed by atoms with Gasteiger partial charge >= 0.3 is 0 Å². The van der Waals surface area contributed by atoms with Crippen LogP contribution >= 0.6 is 15.9 Å². The van der Waals surface area contributed by atoms with Crippen LogP contribution in [0.1, 0.15) is 28.3 Å². The predicted molar refractivity (Wildman–Crippen MR) is 89.7 cm³/mol. The summed E-state index contributed by atoms with van der Waals surface area (Å²) in [6.45, 7) is 0. The lowest BCUT2D eigenvalue weighted by atomic mass is 9.84. The van der Waals surface area contributed by atoms with Crippen LogP contribution in [-0.2, 0) is 0 Å². The molecule has 2 aromatic rings. The van der Waals surface area contributed by atoms with Crippen molar-refractivity contribution in [1.29, 1.82) is 5.26 Å². The van der Waals surface area contributed by atoms with E-state index in [4.69, 9.17) is 10.5 Å². The van der Waals surface area contributed by atoms with E-state index >= 15 is 0 Å². The van der Waals surface area contributed by atoms with E-state index in [0.29, 0.717) is 16.9 Å². The molecule has 1 aliphatic heterocycles. The molecule has 1 atom stereocenters. The van der Waals surface area contributed by atoms with Crippen molar-refractivity contribution in [2.24, 2.45) is 5.73 Å². The molecule has 1 aliphatic rings. The zero-order chi connectivity index (χ0) is 16.4. The molecule has 114 valence electrons. The quantitative estimate of drug-likeness (QED) is 0.833. The van der Waals surface area contributed by atoms with Gasteiger partial charge in [0.05, 0.1) is 5.57 Å². The monoisotopic (exact) mass is 368 g/mol. The number of fused-ring (bicyclic) bond motifs is 1. The van der Waals surface area contributed by atoms with Crippen molar-refractivity contribution in [3.63, 3.8) is 0 Å². The fourth-order valence-corrected chi connectivity index (χ4v) is 2.91. The SMILES string of the molecule is N#CC1=C(N)Oc2ccccc2[C@@H]1CC(=O)c1ccc(Br)cc1. The van der Waals surface area contributed by atoms with Gasteiger partial charge in [-0.25, -0.2) is 0 Å². The molecule has 0 aliphatic carbocycles. The number of nitrogens with zero attached hydrogens (tertiary/aromatic N) is 1. The fraction of sp³-hybridized carbons (Fsp3) is 0.111. The number of ketones is 1. The first kappa shape index (κ1) is 15.3. The van der Waals surface area contributed by atoms with Crippen LogP contribution < -0.4 is 10.5 Å². The highest BCUT2D eigenvalue weighted by atomic mass is 79.9. The molecule has 0 amide bonds. The predicted octanol–water partition coefficient (Wildman–Crippen LogP) is 3.89. The molecule has 23 heavy (non-hydrogen) atoms. The number of benzene rings is 2. The first-order chi connectivity index (χ1) is 11.1. The highest BCUT2D eigenvalue weighted by molar-refractivity contribution is 9.10. The highest BCUT2D eigenvalue weighted by Crippen LogP contribution is 2.40. The summed E-state index contributed by atoms with van der Waals surface area (Å²) in [4.78, 5) is 12.6.